The molecule has 2 rings (SSSR count). The van der Waals surface area contributed by atoms with Crippen molar-refractivity contribution in [2.45, 2.75) is 240 Å². The Morgan fingerprint density at radius 1 is 0.495 bits per heavy atom. The Bertz CT molecular complexity index is 2790. The summed E-state index contributed by atoms with van der Waals surface area (Å²) >= 11 is 0. The van der Waals surface area contributed by atoms with Crippen LogP contribution in [0.15, 0.2) is 12.2 Å². The number of nitrogens with zero attached hydrogens (tertiary/aromatic N) is 8. The van der Waals surface area contributed by atoms with Gasteiger partial charge in [-0.2, -0.15) is 0 Å². The van der Waals surface area contributed by atoms with E-state index in [0.29, 0.717) is 25.9 Å². The molecule has 14 atom stereocenters. The minimum Gasteiger partial charge on any atom is -0.390 e. The van der Waals surface area contributed by atoms with Crippen molar-refractivity contribution in [1.29, 1.82) is 0 Å². The number of likely N-dealkylation sites (N-methyl/N-ethyl adjacent to an activating group) is 7. The van der Waals surface area contributed by atoms with Crippen molar-refractivity contribution >= 4 is 74.8 Å². The van der Waals surface area contributed by atoms with Gasteiger partial charge in [0, 0.05) is 62.1 Å². The zero-order chi connectivity index (χ0) is 73.3. The second-order valence-electron chi connectivity index (χ2n) is 29.1. The minimum absolute atomic E-state index is 0.0263. The van der Waals surface area contributed by atoms with Crippen LogP contribution in [0.1, 0.15) is 163 Å². The molecule has 27 heteroatoms. The van der Waals surface area contributed by atoms with Crippen LogP contribution in [0.4, 0.5) is 0 Å². The van der Waals surface area contributed by atoms with Crippen LogP contribution in [0.25, 0.3) is 0 Å². The molecule has 5 N–H and O–H groups in total. The quantitative estimate of drug-likeness (QED) is 0.131. The van der Waals surface area contributed by atoms with Gasteiger partial charge in [0.1, 0.15) is 76.3 Å². The Kier molecular flexibility index (Phi) is 33.5. The van der Waals surface area contributed by atoms with Gasteiger partial charge in [-0.3, -0.25) is 52.7 Å². The van der Waals surface area contributed by atoms with Gasteiger partial charge in [0.05, 0.1) is 11.4 Å². The third kappa shape index (κ3) is 22.9. The van der Waals surface area contributed by atoms with Gasteiger partial charge in [0.2, 0.25) is 65.0 Å². The summed E-state index contributed by atoms with van der Waals surface area (Å²) in [6, 6.07) is -14.3. The summed E-state index contributed by atoms with van der Waals surface area (Å²) in [4.78, 5) is 174. The number of nitrogens with one attached hydrogen (secondary N) is 4. The first kappa shape index (κ1) is 84.9. The molecule has 0 saturated carbocycles. The fraction of sp³-hybridized carbons (Fsp3) is 0.809. The fourth-order valence-electron chi connectivity index (χ4n) is 12.8. The summed E-state index contributed by atoms with van der Waals surface area (Å²) in [5, 5.41) is 22.8. The lowest BCUT2D eigenvalue weighted by molar-refractivity contribution is -0.157. The van der Waals surface area contributed by atoms with E-state index < -0.39 is 176 Å². The number of amides is 11. The minimum atomic E-state index is -3.33. The molecule has 2 aliphatic heterocycles. The molecule has 0 bridgehead atoms. The third-order valence-electron chi connectivity index (χ3n) is 19.0. The Hall–Kier alpha value is -6.22. The van der Waals surface area contributed by atoms with Gasteiger partial charge >= 0.3 is 0 Å². The molecule has 0 aliphatic carbocycles. The maximum atomic E-state index is 15.3. The first-order chi connectivity index (χ1) is 43.8. The molecular formula is C68H122N12O14S. The highest BCUT2D eigenvalue weighted by Gasteiger charge is 2.47. The maximum Gasteiger partial charge on any atom is 0.246 e. The topological polar surface area (TPSA) is 316 Å². The first-order valence-corrected chi connectivity index (χ1v) is 36.1. The van der Waals surface area contributed by atoms with Crippen molar-refractivity contribution in [2.24, 2.45) is 41.4 Å². The van der Waals surface area contributed by atoms with Crippen LogP contribution in [-0.2, 0) is 62.6 Å². The lowest BCUT2D eigenvalue weighted by Gasteiger charge is -2.41. The molecule has 0 spiro atoms. The van der Waals surface area contributed by atoms with Crippen LogP contribution in [0.3, 0.4) is 0 Å². The van der Waals surface area contributed by atoms with Gasteiger partial charge < -0.3 is 65.6 Å². The molecule has 2 fully saturated rings. The van der Waals surface area contributed by atoms with E-state index >= 15 is 28.8 Å². The lowest BCUT2D eigenvalue weighted by atomic mass is 9.91. The van der Waals surface area contributed by atoms with E-state index in [4.69, 9.17) is 0 Å². The average Bonchev–Trinajstić information content (AvgIpc) is 0.815. The number of allylic oxidation sites excluding steroid dienone is 2. The van der Waals surface area contributed by atoms with E-state index in [1.165, 1.54) is 101 Å². The highest BCUT2D eigenvalue weighted by atomic mass is 32.2. The van der Waals surface area contributed by atoms with Gasteiger partial charge in [-0.25, -0.2) is 8.42 Å². The zero-order valence-electron chi connectivity index (χ0n) is 62.0. The van der Waals surface area contributed by atoms with Gasteiger partial charge in [0.15, 0.2) is 0 Å². The van der Waals surface area contributed by atoms with Gasteiger partial charge in [-0.1, -0.05) is 102 Å². The van der Waals surface area contributed by atoms with Crippen LogP contribution in [0, 0.1) is 41.4 Å². The van der Waals surface area contributed by atoms with E-state index in [9.17, 15) is 37.5 Å². The number of sulfone groups is 1. The summed E-state index contributed by atoms with van der Waals surface area (Å²) in [6.45, 7) is 30.2. The molecule has 0 aromatic heterocycles. The zero-order valence-corrected chi connectivity index (χ0v) is 62.8. The van der Waals surface area contributed by atoms with Crippen LogP contribution in [-0.4, -0.2) is 271 Å². The standard InChI is InChI=1S/C68H122N12O14S/c1-26-28-29-43(13)57(81)56-61(85)71-49(27-2)64(88)73(18)47(17)63(87)78(23)55(44(14)37-80-32-30-48(31-33-80)95(25,93)94)60(84)72-53(41(9)10)67(91)74(19)50(34-38(3)4)59(83)69-45(15)58(82)70-46(16)62(86)75(20)51(35-39(5)6)65(89)76(21)52(36-40(7)8)66(90)77(22)54(42(11)12)68(92)79(56)24/h26,28,38-57,81H,27,29-37H2,1-25H3,(H,69,83)(H,70,82)(H,71,85)(H,72,84)/b28-26+/t43-,44-,45+,46-,47-,49+,50+,51+,52+,53+,54+,55+,56+,57-/m1/s1. The molecule has 11 amide bonds. The molecule has 2 saturated heterocycles. The van der Waals surface area contributed by atoms with E-state index in [1.807, 2.05) is 46.4 Å². The molecule has 0 unspecified atom stereocenters. The normalized spacial score (nSPS) is 28.0. The van der Waals surface area contributed by atoms with Crippen LogP contribution < -0.4 is 21.3 Å². The smallest absolute Gasteiger partial charge is 0.246 e. The van der Waals surface area contributed by atoms with E-state index in [1.54, 1.807) is 67.5 Å². The van der Waals surface area contributed by atoms with Gasteiger partial charge in [0.25, 0.3) is 0 Å². The van der Waals surface area contributed by atoms with Crippen molar-refractivity contribution in [1.82, 2.24) is 60.5 Å². The average molecular weight is 1360 g/mol. The van der Waals surface area contributed by atoms with Crippen LogP contribution in [0.5, 0.6) is 0 Å². The Labute approximate surface area is 568 Å². The van der Waals surface area contributed by atoms with Gasteiger partial charge in [-0.05, 0) is 127 Å². The summed E-state index contributed by atoms with van der Waals surface area (Å²) in [5.74, 6) is -10.9. The highest BCUT2D eigenvalue weighted by molar-refractivity contribution is 7.91. The first-order valence-electron chi connectivity index (χ1n) is 34.1. The molecular weight excluding hydrogens is 1240 g/mol. The number of piperidine rings is 1. The molecule has 544 valence electrons. The van der Waals surface area contributed by atoms with Crippen molar-refractivity contribution < 1.29 is 66.3 Å². The Balaban J connectivity index is 3.06. The van der Waals surface area contributed by atoms with Crippen molar-refractivity contribution in [3.8, 4) is 0 Å². The van der Waals surface area contributed by atoms with Crippen LogP contribution >= 0.6 is 0 Å². The monoisotopic (exact) mass is 1360 g/mol. The molecule has 0 aromatic carbocycles. The lowest BCUT2D eigenvalue weighted by Crippen LogP contribution is -2.64. The number of rotatable bonds is 17. The summed E-state index contributed by atoms with van der Waals surface area (Å²) in [7, 11) is 6.51. The SMILES string of the molecule is C/C=C/C[C@@H](C)[C@@H](O)[C@H]1C(=O)N[C@@H](CC)C(=O)N(C)[C@H](C)C(=O)N(C)[C@@H]([C@H](C)CN2CCC(S(C)(=O)=O)CC2)C(=O)N[C@@H](C(C)C)C(=O)N(C)[C@@H](CC(C)C)C(=O)N[C@@H](C)C(=O)N[C@H](C)C(=O)N(C)[C@@H](CC(C)C)C(=O)N(C)[C@@H](CC(C)C)C(=O)N(C)[C@@H](C(C)C)C(=O)N1C. The molecule has 26 nitrogen and oxygen atoms in total. The van der Waals surface area contributed by atoms with Gasteiger partial charge in [-0.15, -0.1) is 0 Å². The number of hydrogen-bond donors (Lipinski definition) is 5. The maximum absolute atomic E-state index is 15.3. The molecule has 0 aromatic rings. The number of aliphatic hydroxyl groups is 1. The summed E-state index contributed by atoms with van der Waals surface area (Å²) in [6.07, 6.45) is 4.56. The van der Waals surface area contributed by atoms with E-state index in [-0.39, 0.29) is 56.4 Å². The van der Waals surface area contributed by atoms with Crippen molar-refractivity contribution in [3.05, 3.63) is 12.2 Å². The predicted molar refractivity (Wildman–Crippen MR) is 367 cm³/mol. The molecule has 2 heterocycles. The number of aliphatic hydroxyl groups excluding tert-OH is 1. The van der Waals surface area contributed by atoms with Crippen LogP contribution in [0.2, 0.25) is 0 Å². The van der Waals surface area contributed by atoms with E-state index in [2.05, 4.69) is 21.3 Å². The molecule has 95 heavy (non-hydrogen) atoms. The molecule has 0 radical (unpaired) electrons. The highest BCUT2D eigenvalue weighted by Crippen LogP contribution is 2.27. The second-order valence-corrected chi connectivity index (χ2v) is 31.4. The second kappa shape index (κ2) is 37.5. The van der Waals surface area contributed by atoms with Crippen molar-refractivity contribution in [3.63, 3.8) is 0 Å². The predicted octanol–water partition coefficient (Wildman–Crippen LogP) is 2.76. The van der Waals surface area contributed by atoms with E-state index in [0.717, 1.165) is 9.80 Å². The number of likely N-dealkylation sites (tertiary alicyclic amines) is 1. The largest absolute Gasteiger partial charge is 0.390 e. The van der Waals surface area contributed by atoms with Crippen molar-refractivity contribution in [2.75, 3.05) is 75.2 Å². The third-order valence-corrected chi connectivity index (χ3v) is 20.7. The number of carbonyl (C=O) groups is 11. The number of hydrogen-bond acceptors (Lipinski definition) is 15. The Morgan fingerprint density at radius 3 is 1.40 bits per heavy atom. The fourth-order valence-corrected chi connectivity index (χ4v) is 13.9. The Morgan fingerprint density at radius 2 is 0.937 bits per heavy atom. The summed E-state index contributed by atoms with van der Waals surface area (Å²) < 4.78 is 25.1. The summed E-state index contributed by atoms with van der Waals surface area (Å²) in [5.41, 5.74) is 0. The number of carbonyl (C=O) groups excluding carboxylic acids is 11. The molecule has 2 aliphatic rings.